The van der Waals surface area contributed by atoms with Gasteiger partial charge in [-0.05, 0) is 26.0 Å². The van der Waals surface area contributed by atoms with Gasteiger partial charge in [-0.1, -0.05) is 23.8 Å². The van der Waals surface area contributed by atoms with Gasteiger partial charge >= 0.3 is 0 Å². The molecular weight excluding hydrogens is 250 g/mol. The highest BCUT2D eigenvalue weighted by molar-refractivity contribution is 7.89. The zero-order valence-corrected chi connectivity index (χ0v) is 11.4. The second-order valence-electron chi connectivity index (χ2n) is 4.05. The van der Waals surface area contributed by atoms with E-state index in [0.29, 0.717) is 6.29 Å². The first-order valence-corrected chi connectivity index (χ1v) is 7.02. The van der Waals surface area contributed by atoms with Gasteiger partial charge in [-0.15, -0.1) is 6.58 Å². The largest absolute Gasteiger partial charge is 0.302 e. The van der Waals surface area contributed by atoms with Crippen LogP contribution in [0, 0.1) is 6.92 Å². The van der Waals surface area contributed by atoms with Crippen molar-refractivity contribution in [3.8, 4) is 0 Å². The number of benzene rings is 1. The second kappa shape index (κ2) is 5.93. The van der Waals surface area contributed by atoms with Crippen molar-refractivity contribution in [2.75, 3.05) is 6.54 Å². The summed E-state index contributed by atoms with van der Waals surface area (Å²) in [6.45, 7) is 7.05. The van der Waals surface area contributed by atoms with Gasteiger partial charge in [0.1, 0.15) is 6.29 Å². The van der Waals surface area contributed by atoms with E-state index in [1.54, 1.807) is 19.1 Å². The lowest BCUT2D eigenvalue weighted by Gasteiger charge is -2.23. The number of aryl methyl sites for hydroxylation is 1. The van der Waals surface area contributed by atoms with E-state index in [-0.39, 0.29) is 11.4 Å². The smallest absolute Gasteiger partial charge is 0.243 e. The normalized spacial score (nSPS) is 13.3. The van der Waals surface area contributed by atoms with Gasteiger partial charge in [0.2, 0.25) is 10.0 Å². The minimum Gasteiger partial charge on any atom is -0.302 e. The lowest BCUT2D eigenvalue weighted by molar-refractivity contribution is -0.110. The first-order chi connectivity index (χ1) is 8.43. The number of hydrogen-bond acceptors (Lipinski definition) is 3. The third kappa shape index (κ3) is 3.05. The lowest BCUT2D eigenvalue weighted by atomic mass is 10.2. The Labute approximate surface area is 108 Å². The molecule has 0 N–H and O–H groups in total. The maximum atomic E-state index is 12.4. The molecule has 1 aromatic rings. The summed E-state index contributed by atoms with van der Waals surface area (Å²) in [6, 6.07) is 5.82. The molecule has 0 amide bonds. The summed E-state index contributed by atoms with van der Waals surface area (Å²) in [5.74, 6) is 0. The Morgan fingerprint density at radius 1 is 1.33 bits per heavy atom. The number of nitrogens with zero attached hydrogens (tertiary/aromatic N) is 1. The molecule has 1 rings (SSSR count). The van der Waals surface area contributed by atoms with Crippen LogP contribution in [-0.4, -0.2) is 31.6 Å². The van der Waals surface area contributed by atoms with Gasteiger partial charge in [-0.25, -0.2) is 8.42 Å². The highest BCUT2D eigenvalue weighted by atomic mass is 32.2. The molecule has 0 spiro atoms. The van der Waals surface area contributed by atoms with Crippen LogP contribution in [0.2, 0.25) is 0 Å². The Balaban J connectivity index is 3.20. The number of sulfonamides is 1. The summed E-state index contributed by atoms with van der Waals surface area (Å²) < 4.78 is 25.8. The molecule has 5 heteroatoms. The average Bonchev–Trinajstić information content (AvgIpc) is 2.35. The predicted octanol–water partition coefficient (Wildman–Crippen LogP) is 1.76. The zero-order chi connectivity index (χ0) is 13.8. The van der Waals surface area contributed by atoms with Gasteiger partial charge in [0.05, 0.1) is 10.9 Å². The molecule has 0 heterocycles. The van der Waals surface area contributed by atoms with Gasteiger partial charge < -0.3 is 4.79 Å². The molecule has 1 aromatic carbocycles. The fraction of sp³-hybridized carbons (Fsp3) is 0.308. The van der Waals surface area contributed by atoms with Crippen molar-refractivity contribution in [3.63, 3.8) is 0 Å². The van der Waals surface area contributed by atoms with Gasteiger partial charge in [-0.2, -0.15) is 4.31 Å². The summed E-state index contributed by atoms with van der Waals surface area (Å²) >= 11 is 0. The number of carbonyl (C=O) groups excluding carboxylic acids is 1. The molecule has 0 bridgehead atoms. The van der Waals surface area contributed by atoms with Crippen molar-refractivity contribution in [3.05, 3.63) is 42.5 Å². The Bertz CT molecular complexity index is 520. The van der Waals surface area contributed by atoms with Crippen LogP contribution in [0.25, 0.3) is 0 Å². The summed E-state index contributed by atoms with van der Waals surface area (Å²) in [6.07, 6.45) is 2.07. The molecule has 1 atom stereocenters. The van der Waals surface area contributed by atoms with Crippen LogP contribution in [0.4, 0.5) is 0 Å². The molecule has 0 radical (unpaired) electrons. The lowest BCUT2D eigenvalue weighted by Crippen LogP contribution is -2.39. The monoisotopic (exact) mass is 267 g/mol. The van der Waals surface area contributed by atoms with Gasteiger partial charge in [-0.3, -0.25) is 0 Å². The molecule has 4 nitrogen and oxygen atoms in total. The van der Waals surface area contributed by atoms with E-state index in [0.717, 1.165) is 9.87 Å². The molecule has 1 unspecified atom stereocenters. The first-order valence-electron chi connectivity index (χ1n) is 5.58. The highest BCUT2D eigenvalue weighted by Crippen LogP contribution is 2.18. The van der Waals surface area contributed by atoms with Crippen molar-refractivity contribution >= 4 is 16.3 Å². The van der Waals surface area contributed by atoms with Crippen LogP contribution >= 0.6 is 0 Å². The number of aldehydes is 1. The summed E-state index contributed by atoms with van der Waals surface area (Å²) in [5.41, 5.74) is 0.979. The van der Waals surface area contributed by atoms with E-state index in [9.17, 15) is 13.2 Å². The van der Waals surface area contributed by atoms with E-state index in [4.69, 9.17) is 0 Å². The maximum absolute atomic E-state index is 12.4. The molecule has 98 valence electrons. The molecule has 0 aromatic heterocycles. The van der Waals surface area contributed by atoms with Gasteiger partial charge in [0.25, 0.3) is 0 Å². The molecule has 0 fully saturated rings. The minimum atomic E-state index is -3.66. The summed E-state index contributed by atoms with van der Waals surface area (Å²) in [7, 11) is -3.66. The fourth-order valence-corrected chi connectivity index (χ4v) is 3.06. The maximum Gasteiger partial charge on any atom is 0.243 e. The SMILES string of the molecule is C=CCN(C(C)C=O)S(=O)(=O)c1ccc(C)cc1. The minimum absolute atomic E-state index is 0.107. The molecule has 0 saturated carbocycles. The van der Waals surface area contributed by atoms with Crippen LogP contribution < -0.4 is 0 Å². The van der Waals surface area contributed by atoms with Crippen molar-refractivity contribution in [2.45, 2.75) is 24.8 Å². The summed E-state index contributed by atoms with van der Waals surface area (Å²) in [4.78, 5) is 11.0. The van der Waals surface area contributed by atoms with E-state index >= 15 is 0 Å². The van der Waals surface area contributed by atoms with Crippen LogP contribution in [0.3, 0.4) is 0 Å². The Morgan fingerprint density at radius 2 is 1.89 bits per heavy atom. The summed E-state index contributed by atoms with van der Waals surface area (Å²) in [5, 5.41) is 0. The van der Waals surface area contributed by atoms with Crippen LogP contribution in [-0.2, 0) is 14.8 Å². The number of carbonyl (C=O) groups is 1. The fourth-order valence-electron chi connectivity index (χ4n) is 1.52. The molecule has 18 heavy (non-hydrogen) atoms. The molecular formula is C13H17NO3S. The van der Waals surface area contributed by atoms with E-state index < -0.39 is 16.1 Å². The molecule has 0 aliphatic rings. The van der Waals surface area contributed by atoms with Crippen LogP contribution in [0.15, 0.2) is 41.8 Å². The van der Waals surface area contributed by atoms with Crippen LogP contribution in [0.1, 0.15) is 12.5 Å². The molecule has 0 aliphatic carbocycles. The van der Waals surface area contributed by atoms with E-state index in [1.165, 1.54) is 18.2 Å². The number of hydrogen-bond donors (Lipinski definition) is 0. The predicted molar refractivity (Wildman–Crippen MR) is 70.8 cm³/mol. The van der Waals surface area contributed by atoms with Gasteiger partial charge in [0, 0.05) is 6.54 Å². The quantitative estimate of drug-likeness (QED) is 0.583. The van der Waals surface area contributed by atoms with Crippen molar-refractivity contribution < 1.29 is 13.2 Å². The zero-order valence-electron chi connectivity index (χ0n) is 10.5. The average molecular weight is 267 g/mol. The third-order valence-corrected chi connectivity index (χ3v) is 4.55. The second-order valence-corrected chi connectivity index (χ2v) is 5.94. The van der Waals surface area contributed by atoms with E-state index in [1.807, 2.05) is 6.92 Å². The third-order valence-electron chi connectivity index (χ3n) is 2.59. The Hall–Kier alpha value is -1.46. The van der Waals surface area contributed by atoms with Crippen molar-refractivity contribution in [2.24, 2.45) is 0 Å². The first kappa shape index (κ1) is 14.6. The van der Waals surface area contributed by atoms with Gasteiger partial charge in [0.15, 0.2) is 0 Å². The molecule has 0 saturated heterocycles. The van der Waals surface area contributed by atoms with Crippen molar-refractivity contribution in [1.82, 2.24) is 4.31 Å². The Kier molecular flexibility index (Phi) is 4.81. The van der Waals surface area contributed by atoms with E-state index in [2.05, 4.69) is 6.58 Å². The van der Waals surface area contributed by atoms with Crippen molar-refractivity contribution in [1.29, 1.82) is 0 Å². The Morgan fingerprint density at radius 3 is 2.33 bits per heavy atom. The molecule has 0 aliphatic heterocycles. The van der Waals surface area contributed by atoms with Crippen LogP contribution in [0.5, 0.6) is 0 Å². The highest BCUT2D eigenvalue weighted by Gasteiger charge is 2.27. The number of rotatable bonds is 6. The standard InChI is InChI=1S/C13H17NO3S/c1-4-9-14(12(3)10-15)18(16,17)13-7-5-11(2)6-8-13/h4-8,10,12H,1,9H2,2-3H3. The topological polar surface area (TPSA) is 54.5 Å².